The second-order valence-electron chi connectivity index (χ2n) is 7.98. The van der Waals surface area contributed by atoms with Crippen LogP contribution in [0.4, 0.5) is 10.9 Å². The van der Waals surface area contributed by atoms with Gasteiger partial charge in [-0.2, -0.15) is 0 Å². The Labute approximate surface area is 182 Å². The topological polar surface area (TPSA) is 79.7 Å². The molecule has 0 aliphatic carbocycles. The maximum Gasteiger partial charge on any atom is 0.188 e. The summed E-state index contributed by atoms with van der Waals surface area (Å²) in [6.07, 6.45) is 10.1. The molecule has 4 heterocycles. The Morgan fingerprint density at radius 3 is 2.50 bits per heavy atom. The largest absolute Gasteiger partial charge is 0.316 e. The maximum absolute atomic E-state index is 4.68. The Morgan fingerprint density at radius 2 is 1.83 bits per heavy atom. The van der Waals surface area contributed by atoms with Crippen LogP contribution in [0.15, 0.2) is 24.7 Å². The zero-order valence-electron chi connectivity index (χ0n) is 17.9. The Balaban J connectivity index is 1.31. The highest BCUT2D eigenvalue weighted by atomic mass is 32.1. The first-order valence-corrected chi connectivity index (χ1v) is 11.4. The van der Waals surface area contributed by atoms with Crippen molar-refractivity contribution in [1.29, 1.82) is 0 Å². The van der Waals surface area contributed by atoms with Crippen LogP contribution in [-0.2, 0) is 19.4 Å². The molecule has 7 nitrogen and oxygen atoms in total. The van der Waals surface area contributed by atoms with Crippen LogP contribution in [0.5, 0.6) is 0 Å². The van der Waals surface area contributed by atoms with E-state index in [0.717, 1.165) is 60.8 Å². The molecule has 158 valence electrons. The maximum atomic E-state index is 4.68. The molecule has 30 heavy (non-hydrogen) atoms. The van der Waals surface area contributed by atoms with Crippen molar-refractivity contribution >= 4 is 22.3 Å². The van der Waals surface area contributed by atoms with E-state index in [-0.39, 0.29) is 0 Å². The molecule has 1 aliphatic heterocycles. The first kappa shape index (κ1) is 20.8. The lowest BCUT2D eigenvalue weighted by atomic mass is 9.92. The van der Waals surface area contributed by atoms with Crippen LogP contribution >= 0.6 is 11.3 Å². The minimum absolute atomic E-state index is 0.657. The normalized spacial score (nSPS) is 15.4. The van der Waals surface area contributed by atoms with Gasteiger partial charge in [0.05, 0.1) is 0 Å². The van der Waals surface area contributed by atoms with E-state index in [0.29, 0.717) is 5.92 Å². The minimum atomic E-state index is 0.657. The van der Waals surface area contributed by atoms with Gasteiger partial charge in [-0.05, 0) is 52.1 Å². The van der Waals surface area contributed by atoms with Crippen LogP contribution in [0.3, 0.4) is 0 Å². The summed E-state index contributed by atoms with van der Waals surface area (Å²) < 4.78 is 0. The van der Waals surface area contributed by atoms with Gasteiger partial charge in [-0.25, -0.2) is 24.9 Å². The summed E-state index contributed by atoms with van der Waals surface area (Å²) in [5.41, 5.74) is 2.31. The predicted octanol–water partition coefficient (Wildman–Crippen LogP) is 4.10. The van der Waals surface area contributed by atoms with E-state index in [1.54, 1.807) is 11.3 Å². The highest BCUT2D eigenvalue weighted by Gasteiger charge is 2.20. The molecule has 0 bridgehead atoms. The van der Waals surface area contributed by atoms with Crippen molar-refractivity contribution < 1.29 is 0 Å². The lowest BCUT2D eigenvalue weighted by Gasteiger charge is -2.31. The van der Waals surface area contributed by atoms with Crippen molar-refractivity contribution in [3.63, 3.8) is 0 Å². The molecule has 0 aromatic carbocycles. The Bertz CT molecular complexity index is 962. The van der Waals surface area contributed by atoms with Gasteiger partial charge in [0.15, 0.2) is 5.13 Å². The lowest BCUT2D eigenvalue weighted by molar-refractivity contribution is 0.176. The molecule has 0 saturated carbocycles. The fourth-order valence-electron chi connectivity index (χ4n) is 3.87. The molecular weight excluding hydrogens is 394 g/mol. The lowest BCUT2D eigenvalue weighted by Crippen LogP contribution is -2.34. The summed E-state index contributed by atoms with van der Waals surface area (Å²) in [4.78, 5) is 26.1. The molecule has 1 saturated heterocycles. The van der Waals surface area contributed by atoms with E-state index < -0.39 is 0 Å². The number of hydrogen-bond donors (Lipinski definition) is 1. The van der Waals surface area contributed by atoms with Crippen molar-refractivity contribution in [2.75, 3.05) is 18.4 Å². The van der Waals surface area contributed by atoms with Crippen molar-refractivity contribution in [2.24, 2.45) is 5.92 Å². The van der Waals surface area contributed by atoms with Gasteiger partial charge in [0.1, 0.15) is 17.5 Å². The standard InChI is InChI=1S/C22H29N7S/c1-4-20-23-12-18(13-24-20)14-29-7-5-17(6-8-29)9-19-10-21(27-16(3)26-19)28-22-25-11-15(2)30-22/h10-13,17H,4-9,14H2,1-3H3,(H,25,26,27,28). The van der Waals surface area contributed by atoms with Gasteiger partial charge < -0.3 is 5.32 Å². The number of aryl methyl sites for hydroxylation is 3. The summed E-state index contributed by atoms with van der Waals surface area (Å²) >= 11 is 1.64. The van der Waals surface area contributed by atoms with Gasteiger partial charge in [0.2, 0.25) is 0 Å². The Hall–Kier alpha value is -2.45. The van der Waals surface area contributed by atoms with Gasteiger partial charge in [-0.3, -0.25) is 4.90 Å². The van der Waals surface area contributed by atoms with Gasteiger partial charge in [0.25, 0.3) is 0 Å². The molecule has 1 aliphatic rings. The first-order chi connectivity index (χ1) is 14.6. The van der Waals surface area contributed by atoms with Crippen molar-refractivity contribution in [3.8, 4) is 0 Å². The number of nitrogens with zero attached hydrogens (tertiary/aromatic N) is 6. The van der Waals surface area contributed by atoms with Gasteiger partial charge >= 0.3 is 0 Å². The fraction of sp³-hybridized carbons (Fsp3) is 0.500. The van der Waals surface area contributed by atoms with E-state index in [1.165, 1.54) is 23.3 Å². The van der Waals surface area contributed by atoms with Crippen LogP contribution in [0.1, 0.15) is 47.5 Å². The number of hydrogen-bond acceptors (Lipinski definition) is 8. The van der Waals surface area contributed by atoms with Crippen LogP contribution in [0.25, 0.3) is 0 Å². The molecule has 0 unspecified atom stereocenters. The summed E-state index contributed by atoms with van der Waals surface area (Å²) in [6.45, 7) is 9.24. The number of anilines is 2. The molecule has 3 aromatic rings. The van der Waals surface area contributed by atoms with Crippen molar-refractivity contribution in [1.82, 2.24) is 29.8 Å². The molecule has 1 N–H and O–H groups in total. The average Bonchev–Trinajstić information content (AvgIpc) is 3.14. The quantitative estimate of drug-likeness (QED) is 0.613. The molecular formula is C22H29N7S. The molecule has 0 spiro atoms. The summed E-state index contributed by atoms with van der Waals surface area (Å²) in [5, 5.41) is 4.20. The number of nitrogens with one attached hydrogen (secondary N) is 1. The predicted molar refractivity (Wildman–Crippen MR) is 120 cm³/mol. The molecule has 0 amide bonds. The SMILES string of the molecule is CCc1ncc(CN2CCC(Cc3cc(Nc4ncc(C)s4)nc(C)n3)CC2)cn1. The summed E-state index contributed by atoms with van der Waals surface area (Å²) in [6, 6.07) is 2.07. The van der Waals surface area contributed by atoms with Gasteiger partial charge in [-0.1, -0.05) is 6.92 Å². The van der Waals surface area contributed by atoms with Gasteiger partial charge in [-0.15, -0.1) is 11.3 Å². The zero-order chi connectivity index (χ0) is 20.9. The number of aromatic nitrogens is 5. The third-order valence-electron chi connectivity index (χ3n) is 5.43. The molecule has 4 rings (SSSR count). The third-order valence-corrected chi connectivity index (χ3v) is 6.26. The second-order valence-corrected chi connectivity index (χ2v) is 9.21. The first-order valence-electron chi connectivity index (χ1n) is 10.6. The molecule has 1 fully saturated rings. The van der Waals surface area contributed by atoms with Crippen LogP contribution < -0.4 is 5.32 Å². The minimum Gasteiger partial charge on any atom is -0.316 e. The van der Waals surface area contributed by atoms with Crippen LogP contribution in [0, 0.1) is 19.8 Å². The van der Waals surface area contributed by atoms with Crippen LogP contribution in [-0.4, -0.2) is 42.9 Å². The monoisotopic (exact) mass is 423 g/mol. The number of piperidine rings is 1. The average molecular weight is 424 g/mol. The number of likely N-dealkylation sites (tertiary alicyclic amines) is 1. The Kier molecular flexibility index (Phi) is 6.64. The molecule has 3 aromatic heterocycles. The van der Waals surface area contributed by atoms with Crippen LogP contribution in [0.2, 0.25) is 0 Å². The van der Waals surface area contributed by atoms with E-state index in [9.17, 15) is 0 Å². The summed E-state index contributed by atoms with van der Waals surface area (Å²) in [5.74, 6) is 3.21. The van der Waals surface area contributed by atoms with Crippen molar-refractivity contribution in [3.05, 3.63) is 52.4 Å². The molecule has 0 atom stereocenters. The number of thiazole rings is 1. The summed E-state index contributed by atoms with van der Waals surface area (Å²) in [7, 11) is 0. The molecule has 0 radical (unpaired) electrons. The van der Waals surface area contributed by atoms with Crippen molar-refractivity contribution in [2.45, 2.75) is 53.0 Å². The third kappa shape index (κ3) is 5.58. The Morgan fingerprint density at radius 1 is 1.07 bits per heavy atom. The molecule has 8 heteroatoms. The van der Waals surface area contributed by atoms with E-state index in [4.69, 9.17) is 0 Å². The van der Waals surface area contributed by atoms with E-state index in [1.807, 2.05) is 25.5 Å². The van der Waals surface area contributed by atoms with E-state index >= 15 is 0 Å². The zero-order valence-corrected chi connectivity index (χ0v) is 18.7. The second kappa shape index (κ2) is 9.57. The highest BCUT2D eigenvalue weighted by molar-refractivity contribution is 7.15. The highest BCUT2D eigenvalue weighted by Crippen LogP contribution is 2.25. The van der Waals surface area contributed by atoms with E-state index in [2.05, 4.69) is 55.1 Å². The smallest absolute Gasteiger partial charge is 0.188 e. The fourth-order valence-corrected chi connectivity index (χ4v) is 4.54. The van der Waals surface area contributed by atoms with Gasteiger partial charge in [0, 0.05) is 53.8 Å². The number of rotatable bonds is 7.